The first-order valence-electron chi connectivity index (χ1n) is 12.1. The standard InChI is InChI=1S/C27H33N3O4/c1-4-6-10-16-34-21-14-13-18(17-22(21)33-3)26-23-24(19-11-8-9-12-20(19)31)28-29-25(23)27(32)30(26)15-7-5-2/h8-9,11-14,17,26,31H,4-7,10,15-16H2,1-3H3,(H,28,29). The second kappa shape index (κ2) is 10.6. The Morgan fingerprint density at radius 3 is 2.59 bits per heavy atom. The van der Waals surface area contributed by atoms with E-state index in [-0.39, 0.29) is 17.7 Å². The van der Waals surface area contributed by atoms with E-state index in [4.69, 9.17) is 9.47 Å². The number of amides is 1. The summed E-state index contributed by atoms with van der Waals surface area (Å²) in [6.07, 6.45) is 5.11. The van der Waals surface area contributed by atoms with Crippen molar-refractivity contribution in [3.8, 4) is 28.5 Å². The van der Waals surface area contributed by atoms with Gasteiger partial charge in [0.1, 0.15) is 17.1 Å². The van der Waals surface area contributed by atoms with E-state index in [2.05, 4.69) is 24.0 Å². The second-order valence-electron chi connectivity index (χ2n) is 8.60. The number of fused-ring (bicyclic) bond motifs is 1. The second-order valence-corrected chi connectivity index (χ2v) is 8.60. The highest BCUT2D eigenvalue weighted by atomic mass is 16.5. The number of carbonyl (C=O) groups excluding carboxylic acids is 1. The Morgan fingerprint density at radius 2 is 1.85 bits per heavy atom. The number of aromatic amines is 1. The molecule has 1 atom stereocenters. The molecule has 7 nitrogen and oxygen atoms in total. The molecule has 0 saturated heterocycles. The third-order valence-electron chi connectivity index (χ3n) is 6.28. The smallest absolute Gasteiger partial charge is 0.273 e. The molecular weight excluding hydrogens is 430 g/mol. The number of benzene rings is 2. The highest BCUT2D eigenvalue weighted by molar-refractivity contribution is 6.00. The van der Waals surface area contributed by atoms with Gasteiger partial charge >= 0.3 is 0 Å². The van der Waals surface area contributed by atoms with Gasteiger partial charge < -0.3 is 19.5 Å². The molecule has 3 aromatic rings. The summed E-state index contributed by atoms with van der Waals surface area (Å²) in [6.45, 7) is 5.53. The molecule has 0 radical (unpaired) electrons. The minimum Gasteiger partial charge on any atom is -0.507 e. The van der Waals surface area contributed by atoms with Gasteiger partial charge in [-0.05, 0) is 42.7 Å². The molecule has 1 amide bonds. The van der Waals surface area contributed by atoms with Gasteiger partial charge in [0.2, 0.25) is 0 Å². The van der Waals surface area contributed by atoms with Crippen molar-refractivity contribution in [2.75, 3.05) is 20.3 Å². The van der Waals surface area contributed by atoms with E-state index >= 15 is 0 Å². The van der Waals surface area contributed by atoms with Crippen LogP contribution in [0, 0.1) is 0 Å². The van der Waals surface area contributed by atoms with E-state index in [0.29, 0.717) is 41.6 Å². The van der Waals surface area contributed by atoms with E-state index in [9.17, 15) is 9.90 Å². The molecule has 180 valence electrons. The Morgan fingerprint density at radius 1 is 1.06 bits per heavy atom. The lowest BCUT2D eigenvalue weighted by Gasteiger charge is -2.27. The first-order valence-corrected chi connectivity index (χ1v) is 12.1. The van der Waals surface area contributed by atoms with Crippen LogP contribution in [-0.4, -0.2) is 46.4 Å². The van der Waals surface area contributed by atoms with Gasteiger partial charge in [-0.15, -0.1) is 0 Å². The number of phenolic OH excluding ortho intramolecular Hbond substituents is 1. The first kappa shape index (κ1) is 23.7. The SMILES string of the molecule is CCCCCOc1ccc(C2c3c(-c4ccccc4O)n[nH]c3C(=O)N2CCCC)cc1OC. The number of methoxy groups -OCH3 is 1. The van der Waals surface area contributed by atoms with Crippen LogP contribution in [-0.2, 0) is 0 Å². The van der Waals surface area contributed by atoms with Gasteiger partial charge in [-0.2, -0.15) is 5.10 Å². The normalized spacial score (nSPS) is 15.0. The van der Waals surface area contributed by atoms with Crippen LogP contribution in [0.2, 0.25) is 0 Å². The maximum Gasteiger partial charge on any atom is 0.273 e. The van der Waals surface area contributed by atoms with E-state index in [1.54, 1.807) is 19.2 Å². The fraction of sp³-hybridized carbons (Fsp3) is 0.407. The van der Waals surface area contributed by atoms with Crippen molar-refractivity contribution in [3.05, 3.63) is 59.3 Å². The van der Waals surface area contributed by atoms with Gasteiger partial charge in [0.25, 0.3) is 5.91 Å². The minimum absolute atomic E-state index is 0.0820. The highest BCUT2D eigenvalue weighted by Gasteiger charge is 2.42. The topological polar surface area (TPSA) is 87.7 Å². The Balaban J connectivity index is 1.76. The van der Waals surface area contributed by atoms with Crippen LogP contribution >= 0.6 is 0 Å². The molecule has 2 aromatic carbocycles. The Kier molecular flexibility index (Phi) is 7.40. The molecule has 1 unspecified atom stereocenters. The number of carbonyl (C=O) groups is 1. The van der Waals surface area contributed by atoms with Crippen LogP contribution in [0.3, 0.4) is 0 Å². The molecule has 34 heavy (non-hydrogen) atoms. The number of aromatic nitrogens is 2. The molecule has 4 rings (SSSR count). The first-order chi connectivity index (χ1) is 16.6. The molecule has 1 aliphatic rings. The summed E-state index contributed by atoms with van der Waals surface area (Å²) in [7, 11) is 1.63. The summed E-state index contributed by atoms with van der Waals surface area (Å²) in [6, 6.07) is 12.6. The number of phenols is 1. The van der Waals surface area contributed by atoms with Crippen molar-refractivity contribution in [2.45, 2.75) is 52.0 Å². The summed E-state index contributed by atoms with van der Waals surface area (Å²) in [4.78, 5) is 15.3. The lowest BCUT2D eigenvalue weighted by atomic mass is 9.95. The fourth-order valence-corrected chi connectivity index (χ4v) is 4.49. The van der Waals surface area contributed by atoms with Gasteiger partial charge in [-0.1, -0.05) is 51.3 Å². The fourth-order valence-electron chi connectivity index (χ4n) is 4.49. The monoisotopic (exact) mass is 463 g/mol. The number of hydrogen-bond acceptors (Lipinski definition) is 5. The average molecular weight is 464 g/mol. The van der Waals surface area contributed by atoms with Crippen LogP contribution in [0.25, 0.3) is 11.3 Å². The summed E-state index contributed by atoms with van der Waals surface area (Å²) < 4.78 is 11.6. The molecule has 0 bridgehead atoms. The van der Waals surface area contributed by atoms with Crippen LogP contribution in [0.5, 0.6) is 17.2 Å². The molecule has 1 aliphatic heterocycles. The molecular formula is C27H33N3O4. The average Bonchev–Trinajstić information content (AvgIpc) is 3.39. The van der Waals surface area contributed by atoms with Crippen LogP contribution in [0.15, 0.2) is 42.5 Å². The van der Waals surface area contributed by atoms with Gasteiger partial charge in [-0.25, -0.2) is 0 Å². The van der Waals surface area contributed by atoms with Crippen molar-refractivity contribution in [3.63, 3.8) is 0 Å². The van der Waals surface area contributed by atoms with Crippen molar-refractivity contribution in [2.24, 2.45) is 0 Å². The lowest BCUT2D eigenvalue weighted by molar-refractivity contribution is 0.0741. The third-order valence-corrected chi connectivity index (χ3v) is 6.28. The molecule has 2 N–H and O–H groups in total. The highest BCUT2D eigenvalue weighted by Crippen LogP contribution is 2.45. The molecule has 0 fully saturated rings. The zero-order valence-corrected chi connectivity index (χ0v) is 20.1. The molecule has 0 saturated carbocycles. The number of aromatic hydroxyl groups is 1. The van der Waals surface area contributed by atoms with E-state index in [1.807, 2.05) is 35.2 Å². The summed E-state index contributed by atoms with van der Waals surface area (Å²) in [5.41, 5.74) is 3.35. The molecule has 0 aliphatic carbocycles. The third kappa shape index (κ3) is 4.47. The number of hydrogen-bond donors (Lipinski definition) is 2. The zero-order valence-electron chi connectivity index (χ0n) is 20.1. The Labute approximate surface area is 200 Å². The largest absolute Gasteiger partial charge is 0.507 e. The summed E-state index contributed by atoms with van der Waals surface area (Å²) >= 11 is 0. The number of ether oxygens (including phenoxy) is 2. The van der Waals surface area contributed by atoms with E-state index < -0.39 is 0 Å². The number of rotatable bonds is 11. The maximum absolute atomic E-state index is 13.4. The lowest BCUT2D eigenvalue weighted by Crippen LogP contribution is -2.30. The molecule has 2 heterocycles. The van der Waals surface area contributed by atoms with E-state index in [0.717, 1.165) is 43.2 Å². The quantitative estimate of drug-likeness (QED) is 0.356. The van der Waals surface area contributed by atoms with Gasteiger partial charge in [0, 0.05) is 17.7 Å². The predicted molar refractivity (Wildman–Crippen MR) is 131 cm³/mol. The van der Waals surface area contributed by atoms with Gasteiger partial charge in [-0.3, -0.25) is 9.89 Å². The summed E-state index contributed by atoms with van der Waals surface area (Å²) in [5, 5.41) is 17.9. The number of H-pyrrole nitrogens is 1. The van der Waals surface area contributed by atoms with E-state index in [1.165, 1.54) is 0 Å². The van der Waals surface area contributed by atoms with Crippen LogP contribution in [0.4, 0.5) is 0 Å². The van der Waals surface area contributed by atoms with Gasteiger partial charge in [0.15, 0.2) is 11.5 Å². The van der Waals surface area contributed by atoms with Crippen molar-refractivity contribution in [1.29, 1.82) is 0 Å². The molecule has 0 spiro atoms. The molecule has 7 heteroatoms. The number of unbranched alkanes of at least 4 members (excludes halogenated alkanes) is 3. The van der Waals surface area contributed by atoms with Crippen molar-refractivity contribution < 1.29 is 19.4 Å². The van der Waals surface area contributed by atoms with Crippen LogP contribution < -0.4 is 9.47 Å². The number of nitrogens with one attached hydrogen (secondary N) is 1. The van der Waals surface area contributed by atoms with Crippen molar-refractivity contribution in [1.82, 2.24) is 15.1 Å². The summed E-state index contributed by atoms with van der Waals surface area (Å²) in [5.74, 6) is 1.38. The van der Waals surface area contributed by atoms with Crippen LogP contribution in [0.1, 0.15) is 73.6 Å². The number of para-hydroxylation sites is 1. The predicted octanol–water partition coefficient (Wildman–Crippen LogP) is 5.71. The van der Waals surface area contributed by atoms with Gasteiger partial charge in [0.05, 0.1) is 19.8 Å². The zero-order chi connectivity index (χ0) is 24.1. The molecule has 1 aromatic heterocycles. The maximum atomic E-state index is 13.4. The Hall–Kier alpha value is -3.48. The minimum atomic E-state index is -0.342. The van der Waals surface area contributed by atoms with Crippen molar-refractivity contribution >= 4 is 5.91 Å². The Bertz CT molecular complexity index is 1140. The number of nitrogens with zero attached hydrogens (tertiary/aromatic N) is 2.